The minimum absolute atomic E-state index is 0.745. The molecule has 0 spiro atoms. The molecule has 1 aromatic heterocycles. The van der Waals surface area contributed by atoms with Gasteiger partial charge in [0.2, 0.25) is 0 Å². The third-order valence-corrected chi connectivity index (χ3v) is 3.35. The number of aryl methyl sites for hydroxylation is 1. The fourth-order valence-corrected chi connectivity index (χ4v) is 2.29. The van der Waals surface area contributed by atoms with Crippen molar-refractivity contribution >= 4 is 11.3 Å². The first kappa shape index (κ1) is 9.95. The first-order valence-electron chi connectivity index (χ1n) is 4.91. The molecule has 2 rings (SSSR count). The van der Waals surface area contributed by atoms with Crippen molar-refractivity contribution in [3.8, 4) is 16.5 Å². The Morgan fingerprint density at radius 2 is 2.00 bits per heavy atom. The van der Waals surface area contributed by atoms with E-state index in [1.165, 1.54) is 11.1 Å². The van der Waals surface area contributed by atoms with Crippen LogP contribution < -0.4 is 0 Å². The first-order valence-corrected chi connectivity index (χ1v) is 5.79. The lowest BCUT2D eigenvalue weighted by Gasteiger charge is -1.99. The van der Waals surface area contributed by atoms with Crippen LogP contribution in [0.5, 0.6) is 0 Å². The van der Waals surface area contributed by atoms with Gasteiger partial charge in [0.05, 0.1) is 5.56 Å². The van der Waals surface area contributed by atoms with E-state index in [2.05, 4.69) is 37.3 Å². The fourth-order valence-electron chi connectivity index (χ4n) is 1.45. The summed E-state index contributed by atoms with van der Waals surface area (Å²) in [6, 6.07) is 12.6. The van der Waals surface area contributed by atoms with Gasteiger partial charge in [-0.2, -0.15) is 5.26 Å². The second kappa shape index (κ2) is 4.29. The van der Waals surface area contributed by atoms with Crippen molar-refractivity contribution in [1.82, 2.24) is 0 Å². The Hall–Kier alpha value is -1.59. The monoisotopic (exact) mass is 213 g/mol. The highest BCUT2D eigenvalue weighted by Crippen LogP contribution is 2.27. The van der Waals surface area contributed by atoms with Crippen molar-refractivity contribution in [2.75, 3.05) is 0 Å². The van der Waals surface area contributed by atoms with Crippen LogP contribution in [-0.4, -0.2) is 0 Å². The molecular formula is C13H11NS. The molecule has 0 radical (unpaired) electrons. The Balaban J connectivity index is 2.33. The van der Waals surface area contributed by atoms with Gasteiger partial charge in [-0.1, -0.05) is 31.2 Å². The summed E-state index contributed by atoms with van der Waals surface area (Å²) < 4.78 is 0. The van der Waals surface area contributed by atoms with Crippen LogP contribution in [0, 0.1) is 11.3 Å². The molecule has 74 valence electrons. The van der Waals surface area contributed by atoms with E-state index < -0.39 is 0 Å². The minimum Gasteiger partial charge on any atom is -0.192 e. The number of benzene rings is 1. The lowest BCUT2D eigenvalue weighted by molar-refractivity contribution is 1.14. The Labute approximate surface area is 93.6 Å². The van der Waals surface area contributed by atoms with Gasteiger partial charge in [-0.25, -0.2) is 0 Å². The van der Waals surface area contributed by atoms with Gasteiger partial charge in [-0.05, 0) is 23.6 Å². The summed E-state index contributed by atoms with van der Waals surface area (Å²) in [5, 5.41) is 10.6. The molecule has 2 heteroatoms. The second-order valence-corrected chi connectivity index (χ2v) is 4.27. The van der Waals surface area contributed by atoms with E-state index in [1.54, 1.807) is 11.3 Å². The van der Waals surface area contributed by atoms with Gasteiger partial charge in [-0.15, -0.1) is 11.3 Å². The lowest BCUT2D eigenvalue weighted by Crippen LogP contribution is -1.78. The van der Waals surface area contributed by atoms with Gasteiger partial charge in [0, 0.05) is 10.3 Å². The minimum atomic E-state index is 0.745. The van der Waals surface area contributed by atoms with Crippen molar-refractivity contribution < 1.29 is 0 Å². The van der Waals surface area contributed by atoms with Crippen LogP contribution >= 0.6 is 11.3 Å². The van der Waals surface area contributed by atoms with Gasteiger partial charge < -0.3 is 0 Å². The summed E-state index contributed by atoms with van der Waals surface area (Å²) in [5.41, 5.74) is 3.28. The number of rotatable bonds is 2. The maximum Gasteiger partial charge on any atom is 0.100 e. The number of nitriles is 1. The van der Waals surface area contributed by atoms with Crippen LogP contribution in [0.2, 0.25) is 0 Å². The number of nitrogens with zero attached hydrogens (tertiary/aromatic N) is 1. The number of thiophene rings is 1. The smallest absolute Gasteiger partial charge is 0.100 e. The van der Waals surface area contributed by atoms with Gasteiger partial charge in [0.25, 0.3) is 0 Å². The molecule has 0 aliphatic carbocycles. The summed E-state index contributed by atoms with van der Waals surface area (Å²) in [7, 11) is 0. The molecule has 2 aromatic rings. The van der Waals surface area contributed by atoms with Gasteiger partial charge in [0.1, 0.15) is 6.07 Å². The largest absolute Gasteiger partial charge is 0.192 e. The summed E-state index contributed by atoms with van der Waals surface area (Å²) in [6.07, 6.45) is 1.06. The van der Waals surface area contributed by atoms with E-state index in [9.17, 15) is 0 Å². The molecule has 0 bridgehead atoms. The van der Waals surface area contributed by atoms with E-state index in [1.807, 2.05) is 11.4 Å². The summed E-state index contributed by atoms with van der Waals surface area (Å²) >= 11 is 1.62. The van der Waals surface area contributed by atoms with Crippen LogP contribution in [0.15, 0.2) is 35.7 Å². The predicted molar refractivity (Wildman–Crippen MR) is 63.8 cm³/mol. The summed E-state index contributed by atoms with van der Waals surface area (Å²) in [5.74, 6) is 0. The maximum atomic E-state index is 8.74. The average molecular weight is 213 g/mol. The molecule has 0 saturated heterocycles. The summed E-state index contributed by atoms with van der Waals surface area (Å²) in [6.45, 7) is 2.15. The van der Waals surface area contributed by atoms with Crippen molar-refractivity contribution in [3.05, 3.63) is 46.8 Å². The Morgan fingerprint density at radius 3 is 2.53 bits per heavy atom. The Morgan fingerprint density at radius 1 is 1.27 bits per heavy atom. The molecule has 0 saturated carbocycles. The summed E-state index contributed by atoms with van der Waals surface area (Å²) in [4.78, 5) is 1.16. The zero-order valence-electron chi connectivity index (χ0n) is 8.53. The highest BCUT2D eigenvalue weighted by molar-refractivity contribution is 7.13. The molecule has 1 nitrogen and oxygen atoms in total. The molecule has 1 heterocycles. The molecule has 1 aromatic carbocycles. The zero-order chi connectivity index (χ0) is 10.7. The van der Waals surface area contributed by atoms with Crippen molar-refractivity contribution in [3.63, 3.8) is 0 Å². The molecular weight excluding hydrogens is 202 g/mol. The third kappa shape index (κ3) is 2.08. The van der Waals surface area contributed by atoms with Crippen molar-refractivity contribution in [1.29, 1.82) is 5.26 Å². The molecule has 15 heavy (non-hydrogen) atoms. The highest BCUT2D eigenvalue weighted by Gasteiger charge is 2.01. The topological polar surface area (TPSA) is 23.8 Å². The molecule has 0 aliphatic rings. The molecule has 0 N–H and O–H groups in total. The van der Waals surface area contributed by atoms with E-state index in [-0.39, 0.29) is 0 Å². The molecule has 0 unspecified atom stereocenters. The second-order valence-electron chi connectivity index (χ2n) is 3.36. The normalized spacial score (nSPS) is 9.87. The lowest BCUT2D eigenvalue weighted by atomic mass is 10.1. The fraction of sp³-hybridized carbons (Fsp3) is 0.154. The SMILES string of the molecule is CCc1ccc(-c2cc(C#N)cs2)cc1. The third-order valence-electron chi connectivity index (χ3n) is 2.38. The Kier molecular flexibility index (Phi) is 2.84. The number of hydrogen-bond acceptors (Lipinski definition) is 2. The van der Waals surface area contributed by atoms with E-state index in [0.29, 0.717) is 0 Å². The van der Waals surface area contributed by atoms with Crippen molar-refractivity contribution in [2.24, 2.45) is 0 Å². The Bertz CT molecular complexity index is 488. The molecule has 0 atom stereocenters. The average Bonchev–Trinajstić information content (AvgIpc) is 2.78. The van der Waals surface area contributed by atoms with Gasteiger partial charge in [-0.3, -0.25) is 0 Å². The van der Waals surface area contributed by atoms with E-state index >= 15 is 0 Å². The van der Waals surface area contributed by atoms with Crippen LogP contribution in [-0.2, 0) is 6.42 Å². The predicted octanol–water partition coefficient (Wildman–Crippen LogP) is 3.85. The van der Waals surface area contributed by atoms with Gasteiger partial charge in [0.15, 0.2) is 0 Å². The standard InChI is InChI=1S/C13H11NS/c1-2-10-3-5-12(6-4-10)13-7-11(8-14)9-15-13/h3-7,9H,2H2,1H3. The molecule has 0 fully saturated rings. The number of hydrogen-bond donors (Lipinski definition) is 0. The van der Waals surface area contributed by atoms with Crippen LogP contribution in [0.4, 0.5) is 0 Å². The van der Waals surface area contributed by atoms with Gasteiger partial charge >= 0.3 is 0 Å². The quantitative estimate of drug-likeness (QED) is 0.743. The van der Waals surface area contributed by atoms with E-state index in [0.717, 1.165) is 16.9 Å². The first-order chi connectivity index (χ1) is 7.33. The maximum absolute atomic E-state index is 8.74. The van der Waals surface area contributed by atoms with Crippen LogP contribution in [0.3, 0.4) is 0 Å². The van der Waals surface area contributed by atoms with E-state index in [4.69, 9.17) is 5.26 Å². The highest BCUT2D eigenvalue weighted by atomic mass is 32.1. The zero-order valence-corrected chi connectivity index (χ0v) is 9.34. The molecule has 0 amide bonds. The molecule has 0 aliphatic heterocycles. The van der Waals surface area contributed by atoms with Crippen molar-refractivity contribution in [2.45, 2.75) is 13.3 Å². The van der Waals surface area contributed by atoms with Crippen LogP contribution in [0.25, 0.3) is 10.4 Å². The van der Waals surface area contributed by atoms with Crippen LogP contribution in [0.1, 0.15) is 18.1 Å².